The van der Waals surface area contributed by atoms with E-state index >= 15 is 0 Å². The number of aryl methyl sites for hydroxylation is 1. The van der Waals surface area contributed by atoms with Crippen LogP contribution in [-0.2, 0) is 0 Å². The van der Waals surface area contributed by atoms with Gasteiger partial charge in [-0.3, -0.25) is 14.8 Å². The van der Waals surface area contributed by atoms with E-state index in [2.05, 4.69) is 15.5 Å². The Morgan fingerprint density at radius 3 is 2.58 bits per heavy atom. The molecule has 0 saturated heterocycles. The fraction of sp³-hybridized carbons (Fsp3) is 0.0400. The summed E-state index contributed by atoms with van der Waals surface area (Å²) in [5.41, 5.74) is 5.56. The molecule has 0 atom stereocenters. The number of para-hydroxylation sites is 3. The second kappa shape index (κ2) is 8.37. The molecule has 0 aliphatic rings. The minimum absolute atomic E-state index is 0.129. The van der Waals surface area contributed by atoms with E-state index in [1.54, 1.807) is 42.5 Å². The number of aromatic nitrogens is 2. The Labute approximate surface area is 192 Å². The summed E-state index contributed by atoms with van der Waals surface area (Å²) in [5.74, 6) is -0.503. The molecule has 162 valence electrons. The quantitative estimate of drug-likeness (QED) is 0.221. The van der Waals surface area contributed by atoms with Gasteiger partial charge in [0, 0.05) is 5.39 Å². The van der Waals surface area contributed by atoms with Gasteiger partial charge in [-0.1, -0.05) is 59.6 Å². The number of halogens is 1. The number of hydrogen-bond donors (Lipinski definition) is 1. The van der Waals surface area contributed by atoms with Crippen LogP contribution in [0.4, 0.5) is 5.69 Å². The van der Waals surface area contributed by atoms with Crippen LogP contribution in [0.3, 0.4) is 0 Å². The van der Waals surface area contributed by atoms with Gasteiger partial charge in [0.15, 0.2) is 5.82 Å². The molecule has 0 bridgehead atoms. The Kier molecular flexibility index (Phi) is 5.24. The third-order valence-corrected chi connectivity index (χ3v) is 5.40. The predicted octanol–water partition coefficient (Wildman–Crippen LogP) is 5.42. The monoisotopic (exact) mass is 456 g/mol. The lowest BCUT2D eigenvalue weighted by Gasteiger charge is -2.07. The standard InChI is InChI=1S/C25H17ClN4O3/c1-15-10-12-17(13-11-15)28-29-22(26)24(31)30-20-8-4-3-7-19(20)27-23(30)18-14-16-6-2-5-9-21(16)33-25(18)32/h2-14,28H,1H3/b29-22-. The normalized spacial score (nSPS) is 11.8. The van der Waals surface area contributed by atoms with Gasteiger partial charge < -0.3 is 4.42 Å². The molecule has 0 fully saturated rings. The number of imidazole rings is 1. The first kappa shape index (κ1) is 20.7. The second-order valence-corrected chi connectivity index (χ2v) is 7.79. The number of carbonyl (C=O) groups excluding carboxylic acids is 1. The number of nitrogens with zero attached hydrogens (tertiary/aromatic N) is 3. The highest BCUT2D eigenvalue weighted by molar-refractivity contribution is 6.83. The summed E-state index contributed by atoms with van der Waals surface area (Å²) in [6.45, 7) is 1.97. The number of anilines is 1. The molecule has 2 aromatic heterocycles. The summed E-state index contributed by atoms with van der Waals surface area (Å²) in [6, 6.07) is 23.3. The molecule has 5 rings (SSSR count). The van der Waals surface area contributed by atoms with E-state index in [0.29, 0.717) is 27.7 Å². The Balaban J connectivity index is 1.62. The van der Waals surface area contributed by atoms with Gasteiger partial charge in [-0.15, -0.1) is 0 Å². The van der Waals surface area contributed by atoms with Crippen molar-refractivity contribution in [3.63, 3.8) is 0 Å². The van der Waals surface area contributed by atoms with Crippen molar-refractivity contribution in [2.75, 3.05) is 5.43 Å². The van der Waals surface area contributed by atoms with Crippen LogP contribution < -0.4 is 11.1 Å². The lowest BCUT2D eigenvalue weighted by Crippen LogP contribution is -2.21. The van der Waals surface area contributed by atoms with Crippen LogP contribution >= 0.6 is 11.6 Å². The fourth-order valence-corrected chi connectivity index (χ4v) is 3.64. The van der Waals surface area contributed by atoms with Crippen LogP contribution in [-0.4, -0.2) is 20.6 Å². The van der Waals surface area contributed by atoms with Gasteiger partial charge in [0.1, 0.15) is 11.1 Å². The maximum absolute atomic E-state index is 13.4. The summed E-state index contributed by atoms with van der Waals surface area (Å²) < 4.78 is 6.73. The summed E-state index contributed by atoms with van der Waals surface area (Å²) in [4.78, 5) is 30.7. The summed E-state index contributed by atoms with van der Waals surface area (Å²) in [7, 11) is 0. The zero-order valence-electron chi connectivity index (χ0n) is 17.4. The van der Waals surface area contributed by atoms with Crippen molar-refractivity contribution in [3.05, 3.63) is 94.8 Å². The SMILES string of the molecule is Cc1ccc(N/N=C(\Cl)C(=O)n2c(-c3cc4ccccc4oc3=O)nc3ccccc32)cc1. The molecule has 0 aliphatic heterocycles. The smallest absolute Gasteiger partial charge is 0.347 e. The van der Waals surface area contributed by atoms with Crippen molar-refractivity contribution in [2.45, 2.75) is 6.92 Å². The Bertz CT molecular complexity index is 1600. The second-order valence-electron chi connectivity index (χ2n) is 7.43. The van der Waals surface area contributed by atoms with Crippen molar-refractivity contribution in [3.8, 4) is 11.4 Å². The molecule has 3 aromatic carbocycles. The van der Waals surface area contributed by atoms with Gasteiger partial charge in [0.2, 0.25) is 5.17 Å². The number of carbonyl (C=O) groups is 1. The fourth-order valence-electron chi connectivity index (χ4n) is 3.51. The van der Waals surface area contributed by atoms with E-state index in [1.165, 1.54) is 4.57 Å². The molecule has 5 aromatic rings. The Morgan fingerprint density at radius 2 is 1.76 bits per heavy atom. The molecule has 2 heterocycles. The number of fused-ring (bicyclic) bond motifs is 2. The minimum atomic E-state index is -0.632. The van der Waals surface area contributed by atoms with Crippen LogP contribution in [0.2, 0.25) is 0 Å². The van der Waals surface area contributed by atoms with Crippen molar-refractivity contribution in [1.29, 1.82) is 0 Å². The highest BCUT2D eigenvalue weighted by Gasteiger charge is 2.24. The molecule has 8 heteroatoms. The van der Waals surface area contributed by atoms with Gasteiger partial charge in [-0.05, 0) is 43.3 Å². The summed E-state index contributed by atoms with van der Waals surface area (Å²) in [6.07, 6.45) is 0. The molecule has 0 amide bonds. The summed E-state index contributed by atoms with van der Waals surface area (Å²) in [5, 5.41) is 4.42. The van der Waals surface area contributed by atoms with Crippen molar-refractivity contribution < 1.29 is 9.21 Å². The van der Waals surface area contributed by atoms with Crippen molar-refractivity contribution >= 4 is 50.4 Å². The van der Waals surface area contributed by atoms with E-state index in [1.807, 2.05) is 43.3 Å². The van der Waals surface area contributed by atoms with E-state index in [0.717, 1.165) is 5.56 Å². The predicted molar refractivity (Wildman–Crippen MR) is 130 cm³/mol. The molecule has 0 unspecified atom stereocenters. The summed E-state index contributed by atoms with van der Waals surface area (Å²) >= 11 is 6.29. The lowest BCUT2D eigenvalue weighted by molar-refractivity contribution is 0.0999. The molecule has 0 saturated carbocycles. The zero-order valence-corrected chi connectivity index (χ0v) is 18.2. The third-order valence-electron chi connectivity index (χ3n) is 5.16. The highest BCUT2D eigenvalue weighted by Crippen LogP contribution is 2.26. The molecule has 7 nitrogen and oxygen atoms in total. The topological polar surface area (TPSA) is 89.5 Å². The Morgan fingerprint density at radius 1 is 1.03 bits per heavy atom. The average molecular weight is 457 g/mol. The maximum atomic E-state index is 13.4. The van der Waals surface area contributed by atoms with Gasteiger partial charge in [0.25, 0.3) is 5.91 Å². The van der Waals surface area contributed by atoms with E-state index in [9.17, 15) is 9.59 Å². The molecule has 0 aliphatic carbocycles. The van der Waals surface area contributed by atoms with Crippen LogP contribution in [0.25, 0.3) is 33.4 Å². The van der Waals surface area contributed by atoms with Crippen LogP contribution in [0.1, 0.15) is 10.4 Å². The largest absolute Gasteiger partial charge is 0.422 e. The van der Waals surface area contributed by atoms with Crippen LogP contribution in [0, 0.1) is 6.92 Å². The number of rotatable bonds is 4. The first-order chi connectivity index (χ1) is 16.0. The highest BCUT2D eigenvalue weighted by atomic mass is 35.5. The molecule has 0 spiro atoms. The zero-order chi connectivity index (χ0) is 22.9. The number of hydrazone groups is 1. The Hall–Kier alpha value is -4.23. The first-order valence-electron chi connectivity index (χ1n) is 10.1. The molecule has 33 heavy (non-hydrogen) atoms. The van der Waals surface area contributed by atoms with Gasteiger partial charge >= 0.3 is 5.63 Å². The molecular formula is C25H17ClN4O3. The van der Waals surface area contributed by atoms with Crippen molar-refractivity contribution in [2.24, 2.45) is 5.10 Å². The molecule has 0 radical (unpaired) electrons. The average Bonchev–Trinajstić information content (AvgIpc) is 3.21. The van der Waals surface area contributed by atoms with E-state index in [-0.39, 0.29) is 16.6 Å². The van der Waals surface area contributed by atoms with Crippen molar-refractivity contribution in [1.82, 2.24) is 9.55 Å². The van der Waals surface area contributed by atoms with Crippen LogP contribution in [0.15, 0.2) is 93.2 Å². The molecule has 1 N–H and O–H groups in total. The van der Waals surface area contributed by atoms with E-state index in [4.69, 9.17) is 16.0 Å². The van der Waals surface area contributed by atoms with Crippen LogP contribution in [0.5, 0.6) is 0 Å². The van der Waals surface area contributed by atoms with Gasteiger partial charge in [0.05, 0.1) is 16.7 Å². The van der Waals surface area contributed by atoms with Gasteiger partial charge in [-0.2, -0.15) is 5.10 Å². The molecular weight excluding hydrogens is 440 g/mol. The number of hydrogen-bond acceptors (Lipinski definition) is 6. The lowest BCUT2D eigenvalue weighted by atomic mass is 10.2. The first-order valence-corrected chi connectivity index (χ1v) is 10.5. The number of nitrogens with one attached hydrogen (secondary N) is 1. The maximum Gasteiger partial charge on any atom is 0.347 e. The van der Waals surface area contributed by atoms with Gasteiger partial charge in [-0.25, -0.2) is 9.78 Å². The number of benzene rings is 3. The minimum Gasteiger partial charge on any atom is -0.422 e. The third kappa shape index (κ3) is 3.90. The van der Waals surface area contributed by atoms with E-state index < -0.39 is 11.5 Å².